The Balaban J connectivity index is 0. The molecule has 0 aliphatic rings. The van der Waals surface area contributed by atoms with Crippen LogP contribution in [0.4, 0.5) is 0 Å². The topological polar surface area (TPSA) is 52.6 Å². The molecule has 4 heteroatoms. The van der Waals surface area contributed by atoms with E-state index in [-0.39, 0.29) is 24.1 Å². The summed E-state index contributed by atoms with van der Waals surface area (Å²) >= 11 is 0. The van der Waals surface area contributed by atoms with Gasteiger partial charge in [0.2, 0.25) is 0 Å². The Morgan fingerprint density at radius 2 is 0.500 bits per heavy atom. The van der Waals surface area contributed by atoms with Gasteiger partial charge in [0, 0.05) is 12.8 Å². The van der Waals surface area contributed by atoms with E-state index in [1.165, 1.54) is 283 Å². The lowest BCUT2D eigenvalue weighted by Crippen LogP contribution is -2.21. The summed E-state index contributed by atoms with van der Waals surface area (Å²) in [4.78, 5) is 24.9. The van der Waals surface area contributed by atoms with Crippen LogP contribution < -0.4 is 0 Å². The molecule has 408 valence electrons. The first-order valence-corrected chi connectivity index (χ1v) is 31.8. The normalized spacial score (nSPS) is 12.7. The third kappa shape index (κ3) is 55.9. The van der Waals surface area contributed by atoms with Crippen molar-refractivity contribution in [2.45, 2.75) is 395 Å². The fourth-order valence-electron chi connectivity index (χ4n) is 10.0. The molecular formula is C64H128O4. The third-order valence-corrected chi connectivity index (χ3v) is 14.8. The van der Waals surface area contributed by atoms with Crippen LogP contribution in [0.25, 0.3) is 0 Å². The van der Waals surface area contributed by atoms with E-state index < -0.39 is 0 Å². The molecule has 0 spiro atoms. The van der Waals surface area contributed by atoms with Gasteiger partial charge in [0.25, 0.3) is 0 Å². The minimum Gasteiger partial charge on any atom is -0.462 e. The summed E-state index contributed by atoms with van der Waals surface area (Å²) in [5, 5.41) is 0. The molecule has 0 saturated heterocycles. The molecule has 0 aromatic rings. The van der Waals surface area contributed by atoms with Crippen LogP contribution in [0, 0.1) is 5.92 Å². The molecule has 3 atom stereocenters. The maximum absolute atomic E-state index is 12.5. The quantitative estimate of drug-likeness (QED) is 0.0450. The van der Waals surface area contributed by atoms with Gasteiger partial charge in [-0.25, -0.2) is 0 Å². The van der Waals surface area contributed by atoms with Crippen molar-refractivity contribution in [2.24, 2.45) is 5.92 Å². The Kier molecular flexibility index (Phi) is 61.1. The van der Waals surface area contributed by atoms with Crippen LogP contribution in [0.15, 0.2) is 0 Å². The molecule has 0 fully saturated rings. The Hall–Kier alpha value is -1.06. The number of esters is 2. The van der Waals surface area contributed by atoms with Gasteiger partial charge >= 0.3 is 11.9 Å². The molecule has 0 amide bonds. The Morgan fingerprint density at radius 1 is 0.265 bits per heavy atom. The number of carbonyl (C=O) groups excluding carboxylic acids is 2. The molecule has 0 saturated carbocycles. The van der Waals surface area contributed by atoms with Crippen molar-refractivity contribution in [1.82, 2.24) is 0 Å². The van der Waals surface area contributed by atoms with Crippen molar-refractivity contribution >= 4 is 11.9 Å². The number of ether oxygens (including phenoxy) is 2. The van der Waals surface area contributed by atoms with E-state index in [9.17, 15) is 9.59 Å². The highest BCUT2D eigenvalue weighted by Crippen LogP contribution is 2.24. The Bertz CT molecular complexity index is 948. The van der Waals surface area contributed by atoms with Crippen molar-refractivity contribution in [1.29, 1.82) is 0 Å². The zero-order valence-electron chi connectivity index (χ0n) is 48.1. The van der Waals surface area contributed by atoms with Crippen LogP contribution in [-0.4, -0.2) is 24.1 Å². The third-order valence-electron chi connectivity index (χ3n) is 14.8. The summed E-state index contributed by atoms with van der Waals surface area (Å²) in [5.74, 6) is 0.832. The van der Waals surface area contributed by atoms with Gasteiger partial charge in [-0.05, 0) is 63.7 Å². The van der Waals surface area contributed by atoms with Gasteiger partial charge in [-0.15, -0.1) is 0 Å². The van der Waals surface area contributed by atoms with E-state index in [1.807, 2.05) is 0 Å². The summed E-state index contributed by atoms with van der Waals surface area (Å²) in [6.07, 6.45) is 66.8. The zero-order valence-corrected chi connectivity index (χ0v) is 48.1. The highest BCUT2D eigenvalue weighted by molar-refractivity contribution is 5.69. The molecule has 4 nitrogen and oxygen atoms in total. The molecule has 0 aliphatic carbocycles. The van der Waals surface area contributed by atoms with Crippen molar-refractivity contribution in [3.8, 4) is 0 Å². The van der Waals surface area contributed by atoms with Crippen LogP contribution in [0.5, 0.6) is 0 Å². The van der Waals surface area contributed by atoms with E-state index in [1.54, 1.807) is 0 Å². The minimum absolute atomic E-state index is 0.0555. The van der Waals surface area contributed by atoms with Crippen LogP contribution in [-0.2, 0) is 19.1 Å². The van der Waals surface area contributed by atoms with Crippen LogP contribution in [0.1, 0.15) is 382 Å². The fourth-order valence-corrected chi connectivity index (χ4v) is 10.0. The predicted octanol–water partition coefficient (Wildman–Crippen LogP) is 22.8. The van der Waals surface area contributed by atoms with Gasteiger partial charge in [0.1, 0.15) is 12.2 Å². The number of hydrogen-bond acceptors (Lipinski definition) is 4. The second-order valence-corrected chi connectivity index (χ2v) is 21.8. The Morgan fingerprint density at radius 3 is 0.824 bits per heavy atom. The summed E-state index contributed by atoms with van der Waals surface area (Å²) in [5.41, 5.74) is 0. The molecule has 0 radical (unpaired) electrons. The summed E-state index contributed by atoms with van der Waals surface area (Å²) in [6, 6.07) is 0. The Labute approximate surface area is 429 Å². The first-order chi connectivity index (χ1) is 33.4. The van der Waals surface area contributed by atoms with Gasteiger partial charge in [-0.1, -0.05) is 312 Å². The summed E-state index contributed by atoms with van der Waals surface area (Å²) in [6.45, 7) is 15.9. The molecule has 3 unspecified atom stereocenters. The maximum atomic E-state index is 12.5. The van der Waals surface area contributed by atoms with Crippen LogP contribution >= 0.6 is 0 Å². The standard InChI is InChI=1S/C34H68O2.C30H60O2/c1-4-7-10-13-15-16-17-18-19-20-21-22-24-26-29-32-34(35)36-33(30-27-12-9-6-3)31-28-25-23-14-11-8-5-2;1-5-9-12-13-14-15-16-17-18-19-20-21-23-26-30(31)32-29(25-22-10-6-2)27-28(8-4)24-11-7-3/h33H,4-32H2,1-3H3;28-29H,5-27H2,1-4H3. The minimum atomic E-state index is 0.0555. The molecule has 0 bridgehead atoms. The lowest BCUT2D eigenvalue weighted by Gasteiger charge is -2.23. The first kappa shape index (κ1) is 69.0. The van der Waals surface area contributed by atoms with Gasteiger partial charge in [0.15, 0.2) is 0 Å². The largest absolute Gasteiger partial charge is 0.462 e. The molecular weight excluding hydrogens is 833 g/mol. The summed E-state index contributed by atoms with van der Waals surface area (Å²) in [7, 11) is 0. The van der Waals surface area contributed by atoms with Crippen molar-refractivity contribution < 1.29 is 19.1 Å². The van der Waals surface area contributed by atoms with Gasteiger partial charge < -0.3 is 9.47 Å². The van der Waals surface area contributed by atoms with Crippen LogP contribution in [0.3, 0.4) is 0 Å². The van der Waals surface area contributed by atoms with Crippen molar-refractivity contribution in [3.63, 3.8) is 0 Å². The molecule has 0 aromatic heterocycles. The van der Waals surface area contributed by atoms with Crippen LogP contribution in [0.2, 0.25) is 0 Å². The second kappa shape index (κ2) is 60.2. The number of rotatable bonds is 55. The number of unbranched alkanes of at least 4 members (excludes halogenated alkanes) is 38. The highest BCUT2D eigenvalue weighted by Gasteiger charge is 2.19. The van der Waals surface area contributed by atoms with E-state index in [2.05, 4.69) is 48.5 Å². The van der Waals surface area contributed by atoms with Crippen molar-refractivity contribution in [3.05, 3.63) is 0 Å². The van der Waals surface area contributed by atoms with Gasteiger partial charge in [0.05, 0.1) is 0 Å². The van der Waals surface area contributed by atoms with Gasteiger partial charge in [-0.3, -0.25) is 9.59 Å². The molecule has 0 aliphatic heterocycles. The first-order valence-electron chi connectivity index (χ1n) is 31.8. The van der Waals surface area contributed by atoms with Gasteiger partial charge in [-0.2, -0.15) is 0 Å². The average molecular weight is 962 g/mol. The molecule has 0 aromatic carbocycles. The molecule has 0 rings (SSSR count). The smallest absolute Gasteiger partial charge is 0.306 e. The lowest BCUT2D eigenvalue weighted by molar-refractivity contribution is -0.151. The second-order valence-electron chi connectivity index (χ2n) is 21.8. The average Bonchev–Trinajstić information content (AvgIpc) is 3.34. The van der Waals surface area contributed by atoms with Crippen molar-refractivity contribution in [2.75, 3.05) is 0 Å². The van der Waals surface area contributed by atoms with E-state index in [4.69, 9.17) is 9.47 Å². The van der Waals surface area contributed by atoms with E-state index in [0.29, 0.717) is 18.8 Å². The van der Waals surface area contributed by atoms with E-state index >= 15 is 0 Å². The lowest BCUT2D eigenvalue weighted by atomic mass is 9.91. The zero-order chi connectivity index (χ0) is 50.1. The molecule has 68 heavy (non-hydrogen) atoms. The monoisotopic (exact) mass is 961 g/mol. The highest BCUT2D eigenvalue weighted by atomic mass is 16.5. The number of hydrogen-bond donors (Lipinski definition) is 0. The SMILES string of the molecule is CCCCCCCCCCCCCCCC(=O)OC(CCCCC)CC(CC)CCCC.CCCCCCCCCCCCCCCCCC(=O)OC(CCCCCC)CCCCCCCCC. The summed E-state index contributed by atoms with van der Waals surface area (Å²) < 4.78 is 11.9. The van der Waals surface area contributed by atoms with E-state index in [0.717, 1.165) is 38.5 Å². The maximum Gasteiger partial charge on any atom is 0.306 e. The molecule has 0 N–H and O–H groups in total. The molecule has 0 heterocycles. The predicted molar refractivity (Wildman–Crippen MR) is 303 cm³/mol. The fraction of sp³-hybridized carbons (Fsp3) is 0.969. The number of carbonyl (C=O) groups is 2.